The Labute approximate surface area is 148 Å². The van der Waals surface area contributed by atoms with Gasteiger partial charge in [-0.1, -0.05) is 0 Å². The van der Waals surface area contributed by atoms with E-state index in [1.54, 1.807) is 26.0 Å². The smallest absolute Gasteiger partial charge is 0.348 e. The van der Waals surface area contributed by atoms with Gasteiger partial charge in [0.25, 0.3) is 0 Å². The molecule has 0 spiro atoms. The van der Waals surface area contributed by atoms with Crippen LogP contribution in [0.25, 0.3) is 10.2 Å². The first-order valence-electron chi connectivity index (χ1n) is 7.85. The lowest BCUT2D eigenvalue weighted by molar-refractivity contribution is 0.0475. The van der Waals surface area contributed by atoms with Crippen LogP contribution in [0, 0.1) is 6.92 Å². The van der Waals surface area contributed by atoms with Crippen molar-refractivity contribution in [1.82, 2.24) is 9.97 Å². The molecule has 0 saturated carbocycles. The summed E-state index contributed by atoms with van der Waals surface area (Å²) in [5, 5.41) is 14.5. The Kier molecular flexibility index (Phi) is 4.73. The predicted octanol–water partition coefficient (Wildman–Crippen LogP) is 3.09. The molecule has 132 valence electrons. The molecule has 0 amide bonds. The van der Waals surface area contributed by atoms with Gasteiger partial charge in [-0.2, -0.15) is 0 Å². The van der Waals surface area contributed by atoms with E-state index in [0.29, 0.717) is 27.9 Å². The Bertz CT molecular complexity index is 887. The average molecular weight is 361 g/mol. The monoisotopic (exact) mass is 361 g/mol. The molecule has 7 nitrogen and oxygen atoms in total. The minimum absolute atomic E-state index is 0.191. The number of hydrogen-bond donors (Lipinski definition) is 2. The summed E-state index contributed by atoms with van der Waals surface area (Å²) >= 11 is 1.27. The number of thiophene rings is 1. The molecule has 0 radical (unpaired) electrons. The summed E-state index contributed by atoms with van der Waals surface area (Å²) in [6, 6.07) is 3.44. The maximum absolute atomic E-state index is 12.1. The van der Waals surface area contributed by atoms with E-state index in [0.717, 1.165) is 10.9 Å². The Morgan fingerprint density at radius 3 is 2.96 bits per heavy atom. The van der Waals surface area contributed by atoms with Crippen molar-refractivity contribution in [2.24, 2.45) is 0 Å². The number of anilines is 1. The molecule has 1 unspecified atom stereocenters. The highest BCUT2D eigenvalue weighted by atomic mass is 32.1. The standard InChI is InChI=1S/C17H19N3O4S/c1-4-23-16(21)13-10(2)12-14(19-9-20-15(12)25-13)18-8-17(3,22)11-6-5-7-24-11/h5-7,9,22H,4,8H2,1-3H3,(H,18,19,20). The van der Waals surface area contributed by atoms with Crippen LogP contribution < -0.4 is 5.32 Å². The third-order valence-corrected chi connectivity index (χ3v) is 5.02. The predicted molar refractivity (Wildman–Crippen MR) is 94.9 cm³/mol. The molecule has 0 aliphatic carbocycles. The van der Waals surface area contributed by atoms with Crippen LogP contribution in [0.3, 0.4) is 0 Å². The second-order valence-corrected chi connectivity index (χ2v) is 6.78. The maximum Gasteiger partial charge on any atom is 0.348 e. The molecule has 3 heterocycles. The van der Waals surface area contributed by atoms with Crippen LogP contribution in [0.1, 0.15) is 34.8 Å². The summed E-state index contributed by atoms with van der Waals surface area (Å²) in [6.07, 6.45) is 2.94. The van der Waals surface area contributed by atoms with Gasteiger partial charge in [0, 0.05) is 0 Å². The second kappa shape index (κ2) is 6.81. The van der Waals surface area contributed by atoms with Gasteiger partial charge in [-0.15, -0.1) is 11.3 Å². The minimum atomic E-state index is -1.20. The van der Waals surface area contributed by atoms with Crippen LogP contribution in [-0.2, 0) is 10.3 Å². The fraction of sp³-hybridized carbons (Fsp3) is 0.353. The number of esters is 1. The van der Waals surface area contributed by atoms with Gasteiger partial charge < -0.3 is 19.6 Å². The number of hydrogen-bond acceptors (Lipinski definition) is 8. The molecule has 25 heavy (non-hydrogen) atoms. The topological polar surface area (TPSA) is 97.5 Å². The number of carbonyl (C=O) groups excluding carboxylic acids is 1. The lowest BCUT2D eigenvalue weighted by Gasteiger charge is -2.21. The quantitative estimate of drug-likeness (QED) is 0.651. The first-order chi connectivity index (χ1) is 11.9. The van der Waals surface area contributed by atoms with E-state index in [4.69, 9.17) is 9.15 Å². The number of nitrogens with zero attached hydrogens (tertiary/aromatic N) is 2. The number of aromatic nitrogens is 2. The van der Waals surface area contributed by atoms with E-state index in [-0.39, 0.29) is 12.5 Å². The van der Waals surface area contributed by atoms with Crippen LogP contribution in [0.15, 0.2) is 29.1 Å². The highest BCUT2D eigenvalue weighted by molar-refractivity contribution is 7.20. The van der Waals surface area contributed by atoms with Crippen molar-refractivity contribution in [1.29, 1.82) is 0 Å². The largest absolute Gasteiger partial charge is 0.466 e. The van der Waals surface area contributed by atoms with Crippen molar-refractivity contribution < 1.29 is 19.1 Å². The van der Waals surface area contributed by atoms with Crippen LogP contribution in [-0.4, -0.2) is 34.2 Å². The maximum atomic E-state index is 12.1. The lowest BCUT2D eigenvalue weighted by atomic mass is 10.0. The Balaban J connectivity index is 1.90. The Hall–Kier alpha value is -2.45. The van der Waals surface area contributed by atoms with Gasteiger partial charge in [-0.25, -0.2) is 14.8 Å². The molecule has 2 N–H and O–H groups in total. The van der Waals surface area contributed by atoms with Gasteiger partial charge in [-0.05, 0) is 38.5 Å². The number of furan rings is 1. The van der Waals surface area contributed by atoms with Gasteiger partial charge >= 0.3 is 5.97 Å². The molecule has 3 aromatic heterocycles. The number of aliphatic hydroxyl groups is 1. The van der Waals surface area contributed by atoms with Gasteiger partial charge in [0.15, 0.2) is 0 Å². The highest BCUT2D eigenvalue weighted by Gasteiger charge is 2.27. The number of ether oxygens (including phenoxy) is 1. The van der Waals surface area contributed by atoms with Gasteiger partial charge in [0.2, 0.25) is 0 Å². The van der Waals surface area contributed by atoms with Crippen molar-refractivity contribution in [2.45, 2.75) is 26.4 Å². The molecule has 0 aromatic carbocycles. The summed E-state index contributed by atoms with van der Waals surface area (Å²) in [6.45, 7) is 5.77. The molecule has 0 aliphatic rings. The highest BCUT2D eigenvalue weighted by Crippen LogP contribution is 2.34. The number of nitrogens with one attached hydrogen (secondary N) is 1. The third-order valence-electron chi connectivity index (χ3n) is 3.84. The van der Waals surface area contributed by atoms with Crippen LogP contribution in [0.5, 0.6) is 0 Å². The average Bonchev–Trinajstić information content (AvgIpc) is 3.22. The molecule has 3 aromatic rings. The van der Waals surface area contributed by atoms with E-state index in [9.17, 15) is 9.90 Å². The van der Waals surface area contributed by atoms with Crippen molar-refractivity contribution in [3.63, 3.8) is 0 Å². The summed E-state index contributed by atoms with van der Waals surface area (Å²) in [4.78, 5) is 21.8. The van der Waals surface area contributed by atoms with Crippen LogP contribution in [0.4, 0.5) is 5.82 Å². The molecular formula is C17H19N3O4S. The van der Waals surface area contributed by atoms with Crippen molar-refractivity contribution >= 4 is 33.3 Å². The SMILES string of the molecule is CCOC(=O)c1sc2ncnc(NCC(C)(O)c3ccco3)c2c1C. The number of rotatable bonds is 6. The lowest BCUT2D eigenvalue weighted by Crippen LogP contribution is -2.30. The van der Waals surface area contributed by atoms with Crippen LogP contribution in [0.2, 0.25) is 0 Å². The normalized spacial score (nSPS) is 13.6. The molecule has 1 atom stereocenters. The molecule has 8 heteroatoms. The Morgan fingerprint density at radius 2 is 2.28 bits per heavy atom. The first-order valence-corrected chi connectivity index (χ1v) is 8.67. The fourth-order valence-electron chi connectivity index (χ4n) is 2.52. The molecule has 0 bridgehead atoms. The van der Waals surface area contributed by atoms with Crippen molar-refractivity contribution in [2.75, 3.05) is 18.5 Å². The fourth-order valence-corrected chi connectivity index (χ4v) is 3.57. The van der Waals surface area contributed by atoms with Crippen LogP contribution >= 0.6 is 11.3 Å². The molecular weight excluding hydrogens is 342 g/mol. The summed E-state index contributed by atoms with van der Waals surface area (Å²) in [5.41, 5.74) is -0.437. The number of fused-ring (bicyclic) bond motifs is 1. The van der Waals surface area contributed by atoms with E-state index in [2.05, 4.69) is 15.3 Å². The molecule has 3 rings (SSSR count). The zero-order valence-corrected chi connectivity index (χ0v) is 15.0. The van der Waals surface area contributed by atoms with Gasteiger partial charge in [0.05, 0.1) is 24.8 Å². The first kappa shape index (κ1) is 17.4. The van der Waals surface area contributed by atoms with Gasteiger partial charge in [-0.3, -0.25) is 0 Å². The van der Waals surface area contributed by atoms with Gasteiger partial charge in [0.1, 0.15) is 33.2 Å². The summed E-state index contributed by atoms with van der Waals surface area (Å²) in [7, 11) is 0. The molecule has 0 saturated heterocycles. The minimum Gasteiger partial charge on any atom is -0.466 e. The van der Waals surface area contributed by atoms with E-state index < -0.39 is 5.60 Å². The zero-order chi connectivity index (χ0) is 18.0. The van der Waals surface area contributed by atoms with E-state index in [1.165, 1.54) is 23.9 Å². The van der Waals surface area contributed by atoms with Crippen molar-refractivity contribution in [3.05, 3.63) is 40.9 Å². The molecule has 0 aliphatic heterocycles. The molecule has 0 fully saturated rings. The number of carbonyl (C=O) groups is 1. The van der Waals surface area contributed by atoms with E-state index in [1.807, 2.05) is 6.92 Å². The number of aryl methyl sites for hydroxylation is 1. The summed E-state index contributed by atoms with van der Waals surface area (Å²) in [5.74, 6) is 0.650. The second-order valence-electron chi connectivity index (χ2n) is 5.78. The Morgan fingerprint density at radius 1 is 1.48 bits per heavy atom. The summed E-state index contributed by atoms with van der Waals surface area (Å²) < 4.78 is 10.4. The zero-order valence-electron chi connectivity index (χ0n) is 14.2. The van der Waals surface area contributed by atoms with E-state index >= 15 is 0 Å². The third kappa shape index (κ3) is 3.35. The van der Waals surface area contributed by atoms with Crippen molar-refractivity contribution in [3.8, 4) is 0 Å².